The van der Waals surface area contributed by atoms with Gasteiger partial charge >= 0.3 is 5.97 Å². The minimum absolute atomic E-state index is 0.167. The normalized spacial score (nSPS) is 28.1. The fourth-order valence-electron chi connectivity index (χ4n) is 0.749. The maximum Gasteiger partial charge on any atom is 0.308 e. The number of hydrogen-bond acceptors (Lipinski definition) is 3. The van der Waals surface area contributed by atoms with E-state index in [0.29, 0.717) is 0 Å². The predicted molar refractivity (Wildman–Crippen MR) is 40.1 cm³/mol. The molecule has 2 fully saturated rings. The molecule has 0 amide bonds. The quantitative estimate of drug-likeness (QED) is 0.532. The van der Waals surface area contributed by atoms with Gasteiger partial charge in [-0.25, -0.2) is 0 Å². The molecule has 0 aromatic heterocycles. The number of aliphatic hydroxyl groups is 1. The molecule has 1 saturated heterocycles. The van der Waals surface area contributed by atoms with Crippen LogP contribution >= 0.6 is 0 Å². The minimum atomic E-state index is -0.549. The van der Waals surface area contributed by atoms with Crippen LogP contribution in [-0.4, -0.2) is 23.8 Å². The highest BCUT2D eigenvalue weighted by Crippen LogP contribution is 2.15. The monoisotopic (exact) mass is 158 g/mol. The summed E-state index contributed by atoms with van der Waals surface area (Å²) in [7, 11) is 0. The molecule has 0 aromatic carbocycles. The van der Waals surface area contributed by atoms with Gasteiger partial charge in [-0.15, -0.1) is 0 Å². The summed E-state index contributed by atoms with van der Waals surface area (Å²) in [4.78, 5) is 10.1. The van der Waals surface area contributed by atoms with Gasteiger partial charge in [-0.3, -0.25) is 4.79 Å². The summed E-state index contributed by atoms with van der Waals surface area (Å²) in [6.07, 6.45) is 5.62. The van der Waals surface area contributed by atoms with Crippen molar-refractivity contribution in [2.45, 2.75) is 38.2 Å². The van der Waals surface area contributed by atoms with Crippen molar-refractivity contribution in [3.8, 4) is 0 Å². The molecule has 0 unspecified atom stereocenters. The maximum atomic E-state index is 10.1. The van der Waals surface area contributed by atoms with E-state index in [1.54, 1.807) is 0 Å². The summed E-state index contributed by atoms with van der Waals surface area (Å²) in [5.74, 6) is -0.299. The predicted octanol–water partition coefficient (Wildman–Crippen LogP) is 0.855. The van der Waals surface area contributed by atoms with Crippen molar-refractivity contribution in [3.63, 3.8) is 0 Å². The van der Waals surface area contributed by atoms with Crippen LogP contribution in [0.4, 0.5) is 0 Å². The third-order valence-electron chi connectivity index (χ3n) is 1.84. The first-order valence-corrected chi connectivity index (χ1v) is 4.13. The van der Waals surface area contributed by atoms with Gasteiger partial charge in [0.1, 0.15) is 6.61 Å². The Hall–Kier alpha value is -0.570. The molecule has 1 saturated carbocycles. The standard InChI is InChI=1S/C4H6O3.C4H8/c5-3-1-4(6)7-2-3;1-2-4-3-1/h3,5H,1-2H2;1-4H2/t3-;/m0./s1. The van der Waals surface area contributed by atoms with Crippen LogP contribution in [0.2, 0.25) is 0 Å². The number of aliphatic hydroxyl groups excluding tert-OH is 1. The largest absolute Gasteiger partial charge is 0.463 e. The Bertz CT molecular complexity index is 125. The molecular weight excluding hydrogens is 144 g/mol. The third-order valence-corrected chi connectivity index (χ3v) is 1.84. The minimum Gasteiger partial charge on any atom is -0.463 e. The highest BCUT2D eigenvalue weighted by atomic mass is 16.6. The Balaban J connectivity index is 0.000000128. The molecule has 3 nitrogen and oxygen atoms in total. The number of rotatable bonds is 0. The molecule has 1 aliphatic carbocycles. The number of carbonyl (C=O) groups is 1. The van der Waals surface area contributed by atoms with Crippen molar-refractivity contribution in [2.24, 2.45) is 0 Å². The van der Waals surface area contributed by atoms with Crippen LogP contribution in [0.3, 0.4) is 0 Å². The molecule has 2 aliphatic rings. The lowest BCUT2D eigenvalue weighted by atomic mass is 10.0. The maximum absolute atomic E-state index is 10.1. The van der Waals surface area contributed by atoms with Crippen molar-refractivity contribution in [2.75, 3.05) is 6.61 Å². The molecule has 1 aliphatic heterocycles. The molecule has 0 bridgehead atoms. The summed E-state index contributed by atoms with van der Waals surface area (Å²) >= 11 is 0. The highest BCUT2D eigenvalue weighted by Gasteiger charge is 2.20. The molecule has 0 radical (unpaired) electrons. The van der Waals surface area contributed by atoms with Gasteiger partial charge in [0.05, 0.1) is 12.5 Å². The Labute approximate surface area is 66.4 Å². The molecule has 1 atom stereocenters. The summed E-state index contributed by atoms with van der Waals surface area (Å²) < 4.78 is 4.38. The Morgan fingerprint density at radius 1 is 1.27 bits per heavy atom. The summed E-state index contributed by atoms with van der Waals surface area (Å²) in [6, 6.07) is 0. The van der Waals surface area contributed by atoms with Crippen LogP contribution in [0.1, 0.15) is 32.1 Å². The number of ether oxygens (including phenoxy) is 1. The molecule has 1 N–H and O–H groups in total. The second-order valence-electron chi connectivity index (χ2n) is 2.96. The van der Waals surface area contributed by atoms with Crippen molar-refractivity contribution in [1.82, 2.24) is 0 Å². The van der Waals surface area contributed by atoms with Crippen LogP contribution in [-0.2, 0) is 9.53 Å². The van der Waals surface area contributed by atoms with Crippen LogP contribution in [0.25, 0.3) is 0 Å². The van der Waals surface area contributed by atoms with Crippen LogP contribution < -0.4 is 0 Å². The molecule has 0 spiro atoms. The molecule has 11 heavy (non-hydrogen) atoms. The van der Waals surface area contributed by atoms with Crippen LogP contribution in [0, 0.1) is 0 Å². The number of carbonyl (C=O) groups excluding carboxylic acids is 1. The van der Waals surface area contributed by atoms with E-state index in [4.69, 9.17) is 5.11 Å². The Morgan fingerprint density at radius 3 is 1.91 bits per heavy atom. The first kappa shape index (κ1) is 8.53. The van der Waals surface area contributed by atoms with Gasteiger partial charge in [0.25, 0.3) is 0 Å². The van der Waals surface area contributed by atoms with Gasteiger partial charge in [-0.05, 0) is 0 Å². The second kappa shape index (κ2) is 4.34. The topological polar surface area (TPSA) is 46.5 Å². The Kier molecular flexibility index (Phi) is 3.36. The zero-order chi connectivity index (χ0) is 8.10. The lowest BCUT2D eigenvalue weighted by Gasteiger charge is -2.05. The van der Waals surface area contributed by atoms with Gasteiger partial charge in [-0.1, -0.05) is 25.7 Å². The van der Waals surface area contributed by atoms with E-state index in [1.165, 1.54) is 25.7 Å². The van der Waals surface area contributed by atoms with Crippen molar-refractivity contribution in [3.05, 3.63) is 0 Å². The molecular formula is C8H14O3. The smallest absolute Gasteiger partial charge is 0.308 e. The number of hydrogen-bond donors (Lipinski definition) is 1. The number of esters is 1. The number of cyclic esters (lactones) is 1. The third kappa shape index (κ3) is 3.37. The van der Waals surface area contributed by atoms with E-state index in [0.717, 1.165) is 0 Å². The zero-order valence-corrected chi connectivity index (χ0v) is 6.58. The highest BCUT2D eigenvalue weighted by molar-refractivity contribution is 5.71. The average molecular weight is 158 g/mol. The van der Waals surface area contributed by atoms with Crippen molar-refractivity contribution < 1.29 is 14.6 Å². The van der Waals surface area contributed by atoms with Gasteiger partial charge in [0.15, 0.2) is 0 Å². The summed E-state index contributed by atoms with van der Waals surface area (Å²) in [5.41, 5.74) is 0. The second-order valence-corrected chi connectivity index (χ2v) is 2.96. The van der Waals surface area contributed by atoms with E-state index in [2.05, 4.69) is 4.74 Å². The first-order chi connectivity index (χ1) is 5.29. The Morgan fingerprint density at radius 2 is 1.82 bits per heavy atom. The fourth-order valence-corrected chi connectivity index (χ4v) is 0.749. The first-order valence-electron chi connectivity index (χ1n) is 4.13. The lowest BCUT2D eigenvalue weighted by molar-refractivity contribution is -0.137. The van der Waals surface area contributed by atoms with Gasteiger partial charge in [0, 0.05) is 0 Å². The summed E-state index contributed by atoms with van der Waals surface area (Å²) in [5, 5.41) is 8.55. The molecule has 2 rings (SSSR count). The summed E-state index contributed by atoms with van der Waals surface area (Å²) in [6.45, 7) is 0.179. The van der Waals surface area contributed by atoms with Crippen molar-refractivity contribution in [1.29, 1.82) is 0 Å². The van der Waals surface area contributed by atoms with Gasteiger partial charge in [-0.2, -0.15) is 0 Å². The zero-order valence-electron chi connectivity index (χ0n) is 6.58. The van der Waals surface area contributed by atoms with Crippen molar-refractivity contribution >= 4 is 5.97 Å². The van der Waals surface area contributed by atoms with Gasteiger partial charge < -0.3 is 9.84 Å². The van der Waals surface area contributed by atoms with Crippen LogP contribution in [0.5, 0.6) is 0 Å². The van der Waals surface area contributed by atoms with E-state index in [-0.39, 0.29) is 19.0 Å². The average Bonchev–Trinajstić information content (AvgIpc) is 2.09. The molecule has 3 heteroatoms. The SMILES string of the molecule is C1CCC1.O=C1C[C@H](O)CO1. The van der Waals surface area contributed by atoms with Crippen LogP contribution in [0.15, 0.2) is 0 Å². The molecule has 64 valence electrons. The van der Waals surface area contributed by atoms with Gasteiger partial charge in [0.2, 0.25) is 0 Å². The van der Waals surface area contributed by atoms with E-state index in [1.807, 2.05) is 0 Å². The van der Waals surface area contributed by atoms with E-state index in [9.17, 15) is 4.79 Å². The van der Waals surface area contributed by atoms with E-state index >= 15 is 0 Å². The van der Waals surface area contributed by atoms with E-state index < -0.39 is 6.10 Å². The molecule has 1 heterocycles. The lowest BCUT2D eigenvalue weighted by Crippen LogP contribution is -2.02. The fraction of sp³-hybridized carbons (Fsp3) is 0.875. The molecule has 0 aromatic rings.